The van der Waals surface area contributed by atoms with Gasteiger partial charge in [-0.05, 0) is 12.1 Å². The maximum absolute atomic E-state index is 10.8. The molecule has 0 radical (unpaired) electrons. The Morgan fingerprint density at radius 1 is 1.07 bits per heavy atom. The van der Waals surface area contributed by atoms with Crippen molar-refractivity contribution < 1.29 is 4.79 Å². The minimum absolute atomic E-state index is 0.426. The number of primary amides is 1. The second kappa shape index (κ2) is 3.92. The first-order valence-corrected chi connectivity index (χ1v) is 4.58. The van der Waals surface area contributed by atoms with Crippen molar-refractivity contribution in [3.05, 3.63) is 54.2 Å². The molecule has 0 fully saturated rings. The number of hydrogen-bond acceptors (Lipinski definition) is 2. The molecule has 0 saturated heterocycles. The zero-order valence-corrected chi connectivity index (χ0v) is 8.05. The van der Waals surface area contributed by atoms with Crippen LogP contribution in [0.1, 0.15) is 10.4 Å². The quantitative estimate of drug-likeness (QED) is 0.800. The Bertz CT molecular complexity index is 463. The van der Waals surface area contributed by atoms with Gasteiger partial charge in [-0.15, -0.1) is 0 Å². The topological polar surface area (TPSA) is 56.0 Å². The van der Waals surface area contributed by atoms with Crippen molar-refractivity contribution in [2.75, 3.05) is 0 Å². The molecular formula is C12H10N2O. The summed E-state index contributed by atoms with van der Waals surface area (Å²) in [5, 5.41) is 0. The van der Waals surface area contributed by atoms with Crippen LogP contribution in [0.2, 0.25) is 0 Å². The predicted molar refractivity (Wildman–Crippen MR) is 58.2 cm³/mol. The van der Waals surface area contributed by atoms with Crippen LogP contribution < -0.4 is 5.73 Å². The van der Waals surface area contributed by atoms with E-state index < -0.39 is 5.91 Å². The monoisotopic (exact) mass is 198 g/mol. The summed E-state index contributed by atoms with van der Waals surface area (Å²) in [5.41, 5.74) is 7.40. The van der Waals surface area contributed by atoms with Crippen LogP contribution in [0.5, 0.6) is 0 Å². The van der Waals surface area contributed by atoms with E-state index >= 15 is 0 Å². The number of nitrogens with zero attached hydrogens (tertiary/aromatic N) is 1. The number of nitrogens with two attached hydrogens (primary N) is 1. The van der Waals surface area contributed by atoms with E-state index in [-0.39, 0.29) is 0 Å². The van der Waals surface area contributed by atoms with Crippen molar-refractivity contribution in [3.63, 3.8) is 0 Å². The molecule has 0 unspecified atom stereocenters. The SMILES string of the molecule is NC(=O)c1ccc(-c2ccccc2)nc1. The van der Waals surface area contributed by atoms with E-state index in [1.165, 1.54) is 6.20 Å². The highest BCUT2D eigenvalue weighted by atomic mass is 16.1. The number of amides is 1. The smallest absolute Gasteiger partial charge is 0.250 e. The molecule has 1 aromatic carbocycles. The highest BCUT2D eigenvalue weighted by Crippen LogP contribution is 2.15. The lowest BCUT2D eigenvalue weighted by atomic mass is 10.1. The summed E-state index contributed by atoms with van der Waals surface area (Å²) in [4.78, 5) is 15.0. The maximum atomic E-state index is 10.8. The fourth-order valence-corrected chi connectivity index (χ4v) is 1.32. The number of carbonyl (C=O) groups is 1. The fourth-order valence-electron chi connectivity index (χ4n) is 1.32. The third-order valence-corrected chi connectivity index (χ3v) is 2.12. The molecule has 2 rings (SSSR count). The zero-order valence-electron chi connectivity index (χ0n) is 8.05. The predicted octanol–water partition coefficient (Wildman–Crippen LogP) is 1.85. The minimum atomic E-state index is -0.456. The number of aromatic nitrogens is 1. The largest absolute Gasteiger partial charge is 0.366 e. The number of hydrogen-bond donors (Lipinski definition) is 1. The van der Waals surface area contributed by atoms with Crippen molar-refractivity contribution in [1.82, 2.24) is 4.98 Å². The van der Waals surface area contributed by atoms with Gasteiger partial charge in [0.2, 0.25) is 5.91 Å². The van der Waals surface area contributed by atoms with Crippen LogP contribution in [-0.4, -0.2) is 10.9 Å². The average molecular weight is 198 g/mol. The summed E-state index contributed by atoms with van der Waals surface area (Å²) < 4.78 is 0. The molecule has 0 saturated carbocycles. The summed E-state index contributed by atoms with van der Waals surface area (Å²) in [5.74, 6) is -0.456. The normalized spacial score (nSPS) is 9.87. The summed E-state index contributed by atoms with van der Waals surface area (Å²) in [6, 6.07) is 13.2. The Morgan fingerprint density at radius 3 is 2.33 bits per heavy atom. The molecule has 0 aliphatic carbocycles. The highest BCUT2D eigenvalue weighted by Gasteiger charge is 2.01. The van der Waals surface area contributed by atoms with E-state index in [1.807, 2.05) is 30.3 Å². The van der Waals surface area contributed by atoms with E-state index in [0.717, 1.165) is 11.3 Å². The van der Waals surface area contributed by atoms with E-state index in [9.17, 15) is 4.79 Å². The van der Waals surface area contributed by atoms with Crippen molar-refractivity contribution in [2.45, 2.75) is 0 Å². The van der Waals surface area contributed by atoms with Gasteiger partial charge in [-0.25, -0.2) is 0 Å². The Labute approximate surface area is 87.6 Å². The number of pyridine rings is 1. The molecule has 0 aliphatic rings. The summed E-state index contributed by atoms with van der Waals surface area (Å²) in [6.07, 6.45) is 1.49. The highest BCUT2D eigenvalue weighted by molar-refractivity contribution is 5.92. The van der Waals surface area contributed by atoms with Crippen LogP contribution >= 0.6 is 0 Å². The lowest BCUT2D eigenvalue weighted by Crippen LogP contribution is -2.10. The minimum Gasteiger partial charge on any atom is -0.366 e. The van der Waals surface area contributed by atoms with E-state index in [2.05, 4.69) is 4.98 Å². The standard InChI is InChI=1S/C12H10N2O/c13-12(15)10-6-7-11(14-8-10)9-4-2-1-3-5-9/h1-8H,(H2,13,15). The van der Waals surface area contributed by atoms with Gasteiger partial charge in [-0.3, -0.25) is 9.78 Å². The first-order valence-electron chi connectivity index (χ1n) is 4.58. The third-order valence-electron chi connectivity index (χ3n) is 2.12. The van der Waals surface area contributed by atoms with Gasteiger partial charge in [0.05, 0.1) is 11.3 Å². The van der Waals surface area contributed by atoms with Gasteiger partial charge in [-0.2, -0.15) is 0 Å². The summed E-state index contributed by atoms with van der Waals surface area (Å²) in [7, 11) is 0. The lowest BCUT2D eigenvalue weighted by molar-refractivity contribution is 0.1000. The first kappa shape index (κ1) is 9.40. The molecular weight excluding hydrogens is 188 g/mol. The van der Waals surface area contributed by atoms with Crippen LogP contribution in [-0.2, 0) is 0 Å². The summed E-state index contributed by atoms with van der Waals surface area (Å²) in [6.45, 7) is 0. The Hall–Kier alpha value is -2.16. The number of carbonyl (C=O) groups excluding carboxylic acids is 1. The van der Waals surface area contributed by atoms with Crippen molar-refractivity contribution in [3.8, 4) is 11.3 Å². The molecule has 0 spiro atoms. The van der Waals surface area contributed by atoms with Gasteiger partial charge in [0.15, 0.2) is 0 Å². The molecule has 1 aromatic heterocycles. The summed E-state index contributed by atoms with van der Waals surface area (Å²) >= 11 is 0. The van der Waals surface area contributed by atoms with Crippen LogP contribution in [0.4, 0.5) is 0 Å². The van der Waals surface area contributed by atoms with Crippen molar-refractivity contribution in [1.29, 1.82) is 0 Å². The molecule has 2 aromatic rings. The van der Waals surface area contributed by atoms with Gasteiger partial charge >= 0.3 is 0 Å². The van der Waals surface area contributed by atoms with Crippen molar-refractivity contribution in [2.24, 2.45) is 5.73 Å². The lowest BCUT2D eigenvalue weighted by Gasteiger charge is -2.00. The van der Waals surface area contributed by atoms with E-state index in [0.29, 0.717) is 5.56 Å². The molecule has 15 heavy (non-hydrogen) atoms. The van der Waals surface area contributed by atoms with Crippen LogP contribution in [0, 0.1) is 0 Å². The van der Waals surface area contributed by atoms with Crippen LogP contribution in [0.15, 0.2) is 48.7 Å². The van der Waals surface area contributed by atoms with E-state index in [4.69, 9.17) is 5.73 Å². The Balaban J connectivity index is 2.36. The molecule has 3 nitrogen and oxygen atoms in total. The Kier molecular flexibility index (Phi) is 2.46. The Morgan fingerprint density at radius 2 is 1.80 bits per heavy atom. The fraction of sp³-hybridized carbons (Fsp3) is 0. The number of rotatable bonds is 2. The van der Waals surface area contributed by atoms with Gasteiger partial charge in [0, 0.05) is 11.8 Å². The third kappa shape index (κ3) is 2.02. The van der Waals surface area contributed by atoms with E-state index in [1.54, 1.807) is 12.1 Å². The molecule has 3 heteroatoms. The molecule has 2 N–H and O–H groups in total. The second-order valence-electron chi connectivity index (χ2n) is 3.16. The van der Waals surface area contributed by atoms with Crippen LogP contribution in [0.25, 0.3) is 11.3 Å². The van der Waals surface area contributed by atoms with Crippen LogP contribution in [0.3, 0.4) is 0 Å². The second-order valence-corrected chi connectivity index (χ2v) is 3.16. The molecule has 0 bridgehead atoms. The van der Waals surface area contributed by atoms with Gasteiger partial charge in [-0.1, -0.05) is 30.3 Å². The molecule has 1 amide bonds. The molecule has 74 valence electrons. The molecule has 1 heterocycles. The molecule has 0 aliphatic heterocycles. The maximum Gasteiger partial charge on any atom is 0.250 e. The van der Waals surface area contributed by atoms with Gasteiger partial charge in [0.25, 0.3) is 0 Å². The first-order chi connectivity index (χ1) is 7.27. The average Bonchev–Trinajstić information content (AvgIpc) is 2.30. The molecule has 0 atom stereocenters. The van der Waals surface area contributed by atoms with Crippen molar-refractivity contribution >= 4 is 5.91 Å². The number of benzene rings is 1. The van der Waals surface area contributed by atoms with Gasteiger partial charge in [0.1, 0.15) is 0 Å². The zero-order chi connectivity index (χ0) is 10.7. The van der Waals surface area contributed by atoms with Gasteiger partial charge < -0.3 is 5.73 Å².